The number of hydrogen-bond acceptors (Lipinski definition) is 2. The molecule has 2 nitrogen and oxygen atoms in total. The Hall–Kier alpha value is -0.340. The topological polar surface area (TPSA) is 40.5 Å². The Kier molecular flexibility index (Phi) is 4.01. The summed E-state index contributed by atoms with van der Waals surface area (Å²) >= 11 is 0. The molecule has 0 spiro atoms. The molecule has 0 heterocycles. The van der Waals surface area contributed by atoms with Crippen LogP contribution in [0.25, 0.3) is 0 Å². The molecule has 22 heavy (non-hydrogen) atoms. The molecule has 2 fully saturated rings. The molecule has 0 aromatic heterocycles. The van der Waals surface area contributed by atoms with Crippen LogP contribution in [0.1, 0.15) is 66.7 Å². The number of hydrogen-bond donors (Lipinski definition) is 2. The van der Waals surface area contributed by atoms with Crippen LogP contribution in [0, 0.1) is 35.0 Å². The summed E-state index contributed by atoms with van der Waals surface area (Å²) in [5.41, 5.74) is 1.12. The molecule has 2 heteroatoms. The second kappa shape index (κ2) is 5.34. The second-order valence-corrected chi connectivity index (χ2v) is 9.34. The lowest BCUT2D eigenvalue weighted by molar-refractivity contribution is -0.0695. The summed E-state index contributed by atoms with van der Waals surface area (Å²) in [5, 5.41) is 21.6. The molecule has 3 aliphatic carbocycles. The Morgan fingerprint density at radius 3 is 2.59 bits per heavy atom. The van der Waals surface area contributed by atoms with E-state index in [2.05, 4.69) is 33.8 Å². The zero-order chi connectivity index (χ0) is 16.3. The first-order chi connectivity index (χ1) is 10.2. The van der Waals surface area contributed by atoms with E-state index in [0.717, 1.165) is 12.8 Å². The molecule has 0 aromatic carbocycles. The van der Waals surface area contributed by atoms with E-state index < -0.39 is 5.60 Å². The SMILES string of the molecule is CC(C)[C@H]1CC[C@]2(C)C[C@H]3[C@@H]([C@H](O)C[C@H]3C)[C@@](C)(O)CC=C12. The molecule has 0 bridgehead atoms. The van der Waals surface area contributed by atoms with Crippen LogP contribution >= 0.6 is 0 Å². The normalized spacial score (nSPS) is 52.0. The van der Waals surface area contributed by atoms with Gasteiger partial charge in [0.2, 0.25) is 0 Å². The fourth-order valence-corrected chi connectivity index (χ4v) is 6.05. The van der Waals surface area contributed by atoms with Crippen molar-refractivity contribution < 1.29 is 10.2 Å². The highest BCUT2D eigenvalue weighted by Crippen LogP contribution is 2.58. The zero-order valence-electron chi connectivity index (χ0n) is 15.0. The third kappa shape index (κ3) is 2.47. The number of fused-ring (bicyclic) bond motifs is 2. The molecule has 0 aliphatic heterocycles. The van der Waals surface area contributed by atoms with Crippen LogP contribution in [-0.4, -0.2) is 21.9 Å². The van der Waals surface area contributed by atoms with Crippen molar-refractivity contribution in [3.8, 4) is 0 Å². The quantitative estimate of drug-likeness (QED) is 0.714. The number of aliphatic hydroxyl groups is 2. The summed E-state index contributed by atoms with van der Waals surface area (Å²) in [5.74, 6) is 2.36. The van der Waals surface area contributed by atoms with Crippen LogP contribution in [-0.2, 0) is 0 Å². The van der Waals surface area contributed by atoms with Crippen molar-refractivity contribution in [1.82, 2.24) is 0 Å². The van der Waals surface area contributed by atoms with Crippen LogP contribution in [0.2, 0.25) is 0 Å². The molecule has 0 unspecified atom stereocenters. The van der Waals surface area contributed by atoms with Crippen LogP contribution in [0.15, 0.2) is 11.6 Å². The Balaban J connectivity index is 2.01. The first-order valence-electron chi connectivity index (χ1n) is 9.27. The first-order valence-corrected chi connectivity index (χ1v) is 9.27. The highest BCUT2D eigenvalue weighted by Gasteiger charge is 2.54. The molecule has 7 atom stereocenters. The number of aliphatic hydroxyl groups excluding tert-OH is 1. The summed E-state index contributed by atoms with van der Waals surface area (Å²) < 4.78 is 0. The van der Waals surface area contributed by atoms with E-state index in [0.29, 0.717) is 30.1 Å². The maximum atomic E-state index is 11.1. The summed E-state index contributed by atoms with van der Waals surface area (Å²) in [4.78, 5) is 0. The van der Waals surface area contributed by atoms with Crippen molar-refractivity contribution in [3.05, 3.63) is 11.6 Å². The van der Waals surface area contributed by atoms with Crippen LogP contribution in [0.4, 0.5) is 0 Å². The lowest BCUT2D eigenvalue weighted by Crippen LogP contribution is -2.45. The number of allylic oxidation sites excluding steroid dienone is 1. The van der Waals surface area contributed by atoms with Gasteiger partial charge in [-0.25, -0.2) is 0 Å². The first kappa shape index (κ1) is 16.5. The summed E-state index contributed by atoms with van der Waals surface area (Å²) in [6, 6.07) is 0. The van der Waals surface area contributed by atoms with Gasteiger partial charge < -0.3 is 10.2 Å². The van der Waals surface area contributed by atoms with E-state index in [1.165, 1.54) is 12.8 Å². The molecule has 0 saturated heterocycles. The summed E-state index contributed by atoms with van der Waals surface area (Å²) in [6.45, 7) is 11.3. The Morgan fingerprint density at radius 2 is 1.95 bits per heavy atom. The fraction of sp³-hybridized carbons (Fsp3) is 0.900. The largest absolute Gasteiger partial charge is 0.393 e. The van der Waals surface area contributed by atoms with Gasteiger partial charge in [-0.15, -0.1) is 0 Å². The standard InChI is InChI=1S/C20H34O2/c1-12(2)14-6-8-19(4)11-15-13(3)10-17(21)18(15)20(5,22)9-7-16(14)19/h7,12-15,17-18,21-22H,6,8-11H2,1-5H3/t13-,14-,15-,17-,18+,19-,20+/m1/s1. The van der Waals surface area contributed by atoms with E-state index in [9.17, 15) is 10.2 Å². The lowest BCUT2D eigenvalue weighted by atomic mass is 9.64. The predicted molar refractivity (Wildman–Crippen MR) is 90.4 cm³/mol. The van der Waals surface area contributed by atoms with E-state index in [-0.39, 0.29) is 17.4 Å². The van der Waals surface area contributed by atoms with Crippen LogP contribution in [0.3, 0.4) is 0 Å². The Morgan fingerprint density at radius 1 is 1.27 bits per heavy atom. The van der Waals surface area contributed by atoms with Gasteiger partial charge in [0.05, 0.1) is 11.7 Å². The zero-order valence-corrected chi connectivity index (χ0v) is 15.0. The van der Waals surface area contributed by atoms with E-state index in [4.69, 9.17) is 0 Å². The Labute approximate surface area is 136 Å². The van der Waals surface area contributed by atoms with Gasteiger partial charge in [0.25, 0.3) is 0 Å². The van der Waals surface area contributed by atoms with E-state index >= 15 is 0 Å². The summed E-state index contributed by atoms with van der Waals surface area (Å²) in [6.07, 6.45) is 7.27. The van der Waals surface area contributed by atoms with Crippen molar-refractivity contribution in [1.29, 1.82) is 0 Å². The lowest BCUT2D eigenvalue weighted by Gasteiger charge is -2.43. The number of rotatable bonds is 1. The smallest absolute Gasteiger partial charge is 0.0709 e. The maximum absolute atomic E-state index is 11.1. The molecule has 0 amide bonds. The minimum absolute atomic E-state index is 0.0372. The van der Waals surface area contributed by atoms with Gasteiger partial charge in [0, 0.05) is 5.92 Å². The third-order valence-electron chi connectivity index (χ3n) is 7.27. The molecule has 3 aliphatic rings. The van der Waals surface area contributed by atoms with Crippen molar-refractivity contribution in [2.75, 3.05) is 0 Å². The molecule has 3 rings (SSSR count). The molecule has 2 saturated carbocycles. The van der Waals surface area contributed by atoms with Crippen molar-refractivity contribution >= 4 is 0 Å². The monoisotopic (exact) mass is 306 g/mol. The van der Waals surface area contributed by atoms with Gasteiger partial charge in [0.1, 0.15) is 0 Å². The van der Waals surface area contributed by atoms with Gasteiger partial charge in [-0.05, 0) is 68.1 Å². The fourth-order valence-electron chi connectivity index (χ4n) is 6.05. The van der Waals surface area contributed by atoms with Gasteiger partial charge in [-0.2, -0.15) is 0 Å². The van der Waals surface area contributed by atoms with Crippen LogP contribution < -0.4 is 0 Å². The molecular formula is C20H34O2. The van der Waals surface area contributed by atoms with E-state index in [1.54, 1.807) is 5.57 Å². The van der Waals surface area contributed by atoms with Gasteiger partial charge in [-0.3, -0.25) is 0 Å². The van der Waals surface area contributed by atoms with Crippen molar-refractivity contribution in [3.63, 3.8) is 0 Å². The van der Waals surface area contributed by atoms with Crippen molar-refractivity contribution in [2.24, 2.45) is 35.0 Å². The van der Waals surface area contributed by atoms with E-state index in [1.807, 2.05) is 6.92 Å². The van der Waals surface area contributed by atoms with Gasteiger partial charge in [0.15, 0.2) is 0 Å². The molecule has 2 N–H and O–H groups in total. The van der Waals surface area contributed by atoms with Gasteiger partial charge >= 0.3 is 0 Å². The Bertz CT molecular complexity index is 464. The molecular weight excluding hydrogens is 272 g/mol. The minimum Gasteiger partial charge on any atom is -0.393 e. The third-order valence-corrected chi connectivity index (χ3v) is 7.27. The van der Waals surface area contributed by atoms with Crippen molar-refractivity contribution in [2.45, 2.75) is 78.4 Å². The highest BCUT2D eigenvalue weighted by atomic mass is 16.3. The predicted octanol–water partition coefficient (Wildman–Crippen LogP) is 4.16. The minimum atomic E-state index is -0.771. The average molecular weight is 306 g/mol. The maximum Gasteiger partial charge on any atom is 0.0709 e. The molecule has 0 aromatic rings. The highest BCUT2D eigenvalue weighted by molar-refractivity contribution is 5.25. The van der Waals surface area contributed by atoms with Gasteiger partial charge in [-0.1, -0.05) is 39.3 Å². The average Bonchev–Trinajstić information content (AvgIpc) is 2.84. The molecule has 126 valence electrons. The van der Waals surface area contributed by atoms with Crippen LogP contribution in [0.5, 0.6) is 0 Å². The molecule has 0 radical (unpaired) electrons. The summed E-state index contributed by atoms with van der Waals surface area (Å²) in [7, 11) is 0. The second-order valence-electron chi connectivity index (χ2n) is 9.34.